The largest absolute Gasteiger partial charge is 0.461 e. The van der Waals surface area contributed by atoms with Gasteiger partial charge in [-0.25, -0.2) is 22.2 Å². The zero-order valence-electron chi connectivity index (χ0n) is 17.3. The minimum Gasteiger partial charge on any atom is -0.461 e. The zero-order valence-corrected chi connectivity index (χ0v) is 18.1. The Bertz CT molecular complexity index is 1400. The first-order valence-corrected chi connectivity index (χ1v) is 11.1. The van der Waals surface area contributed by atoms with Gasteiger partial charge < -0.3 is 4.74 Å². The Balaban J connectivity index is 2.13. The first-order chi connectivity index (χ1) is 14.3. The number of hydrogen-bond donors (Lipinski definition) is 0. The molecule has 0 saturated heterocycles. The summed E-state index contributed by atoms with van der Waals surface area (Å²) in [5, 5.41) is 1.48. The Hall–Kier alpha value is -3.19. The number of pyridine rings is 1. The van der Waals surface area contributed by atoms with Gasteiger partial charge in [-0.15, -0.1) is 0 Å². The molecule has 2 aromatic heterocycles. The quantitative estimate of drug-likeness (QED) is 0.452. The van der Waals surface area contributed by atoms with Crippen LogP contribution >= 0.6 is 0 Å². The van der Waals surface area contributed by atoms with Crippen molar-refractivity contribution in [2.45, 2.75) is 32.6 Å². The van der Waals surface area contributed by atoms with E-state index in [0.29, 0.717) is 22.0 Å². The summed E-state index contributed by atoms with van der Waals surface area (Å²) in [5.41, 5.74) is 3.67. The lowest BCUT2D eigenvalue weighted by atomic mass is 10.0. The molecule has 4 rings (SSSR count). The van der Waals surface area contributed by atoms with Gasteiger partial charge in [-0.3, -0.25) is 0 Å². The van der Waals surface area contributed by atoms with Crippen molar-refractivity contribution in [3.63, 3.8) is 0 Å². The molecule has 0 spiro atoms. The minimum absolute atomic E-state index is 0.194. The maximum atomic E-state index is 13.6. The molecule has 0 atom stereocenters. The summed E-state index contributed by atoms with van der Waals surface area (Å²) in [6, 6.07) is 12.3. The van der Waals surface area contributed by atoms with Crippen LogP contribution in [0.1, 0.15) is 34.1 Å². The summed E-state index contributed by atoms with van der Waals surface area (Å²) in [6.45, 7) is 7.58. The van der Waals surface area contributed by atoms with Gasteiger partial charge >= 0.3 is 5.97 Å². The van der Waals surface area contributed by atoms with Crippen LogP contribution in [-0.4, -0.2) is 30.0 Å². The summed E-state index contributed by atoms with van der Waals surface area (Å²) in [6.07, 6.45) is 1.44. The fourth-order valence-electron chi connectivity index (χ4n) is 3.82. The maximum Gasteiger partial charge on any atom is 0.357 e. The molecule has 0 unspecified atom stereocenters. The number of carbonyl (C=O) groups excluding carboxylic acids is 1. The van der Waals surface area contributed by atoms with E-state index in [-0.39, 0.29) is 17.2 Å². The molecular weight excluding hydrogens is 400 g/mol. The molecule has 0 aliphatic carbocycles. The van der Waals surface area contributed by atoms with Gasteiger partial charge in [0.15, 0.2) is 5.69 Å². The number of ether oxygens (including phenoxy) is 1. The average molecular weight is 423 g/mol. The fourth-order valence-corrected chi connectivity index (χ4v) is 5.32. The van der Waals surface area contributed by atoms with Crippen molar-refractivity contribution in [2.75, 3.05) is 6.61 Å². The molecule has 30 heavy (non-hydrogen) atoms. The smallest absolute Gasteiger partial charge is 0.357 e. The zero-order chi connectivity index (χ0) is 21.6. The highest BCUT2D eigenvalue weighted by Gasteiger charge is 2.27. The van der Waals surface area contributed by atoms with Crippen LogP contribution in [0.4, 0.5) is 0 Å². The molecule has 0 saturated carbocycles. The minimum atomic E-state index is -3.88. The molecule has 0 fully saturated rings. The number of carbonyl (C=O) groups is 1. The summed E-state index contributed by atoms with van der Waals surface area (Å²) in [7, 11) is -3.88. The predicted octanol–water partition coefficient (Wildman–Crippen LogP) is 4.53. The van der Waals surface area contributed by atoms with Gasteiger partial charge in [0.25, 0.3) is 10.0 Å². The van der Waals surface area contributed by atoms with Crippen LogP contribution in [0, 0.1) is 20.8 Å². The number of fused-ring (bicyclic) bond motifs is 3. The van der Waals surface area contributed by atoms with Gasteiger partial charge in [0.1, 0.15) is 0 Å². The van der Waals surface area contributed by atoms with Gasteiger partial charge in [-0.2, -0.15) is 0 Å². The van der Waals surface area contributed by atoms with Crippen LogP contribution in [0.25, 0.3) is 21.8 Å². The number of benzene rings is 2. The Labute approximate surface area is 175 Å². The highest BCUT2D eigenvalue weighted by atomic mass is 32.2. The van der Waals surface area contributed by atoms with Crippen molar-refractivity contribution in [1.29, 1.82) is 0 Å². The second-order valence-corrected chi connectivity index (χ2v) is 9.05. The van der Waals surface area contributed by atoms with E-state index < -0.39 is 16.0 Å². The summed E-state index contributed by atoms with van der Waals surface area (Å²) >= 11 is 0. The third kappa shape index (κ3) is 2.97. The van der Waals surface area contributed by atoms with E-state index in [0.717, 1.165) is 16.5 Å². The standard InChI is InChI=1S/C23H22N2O4S/c1-5-29-23(26)22-16(4)21-19(13-24-22)25(18-8-6-7-15(3)20(18)21)30(27,28)17-11-9-14(2)10-12-17/h6-13H,5H2,1-4H3. The van der Waals surface area contributed by atoms with Crippen molar-refractivity contribution < 1.29 is 17.9 Å². The van der Waals surface area contributed by atoms with Crippen molar-refractivity contribution in [3.05, 3.63) is 71.0 Å². The molecule has 0 radical (unpaired) electrons. The summed E-state index contributed by atoms with van der Waals surface area (Å²) in [5.74, 6) is -0.521. The second kappa shape index (κ2) is 7.25. The molecule has 0 aliphatic heterocycles. The Kier molecular flexibility index (Phi) is 4.86. The number of rotatable bonds is 4. The third-order valence-corrected chi connectivity index (χ3v) is 7.01. The average Bonchev–Trinajstić information content (AvgIpc) is 3.06. The molecule has 2 aromatic carbocycles. The highest BCUT2D eigenvalue weighted by molar-refractivity contribution is 7.90. The van der Waals surface area contributed by atoms with Gasteiger partial charge in [0.2, 0.25) is 0 Å². The van der Waals surface area contributed by atoms with Crippen LogP contribution in [0.15, 0.2) is 53.6 Å². The van der Waals surface area contributed by atoms with Gasteiger partial charge in [0, 0.05) is 10.8 Å². The molecule has 2 heterocycles. The maximum absolute atomic E-state index is 13.6. The molecule has 0 aliphatic rings. The van der Waals surface area contributed by atoms with Crippen LogP contribution in [0.3, 0.4) is 0 Å². The van der Waals surface area contributed by atoms with Gasteiger partial charge in [0.05, 0.1) is 28.7 Å². The van der Waals surface area contributed by atoms with E-state index in [1.165, 1.54) is 10.2 Å². The van der Waals surface area contributed by atoms with E-state index in [1.807, 2.05) is 26.0 Å². The van der Waals surface area contributed by atoms with Gasteiger partial charge in [-0.1, -0.05) is 29.8 Å². The lowest BCUT2D eigenvalue weighted by molar-refractivity contribution is 0.0519. The third-order valence-electron chi connectivity index (χ3n) is 5.27. The van der Waals surface area contributed by atoms with Crippen molar-refractivity contribution in [2.24, 2.45) is 0 Å². The molecule has 0 N–H and O–H groups in total. The fraction of sp³-hybridized carbons (Fsp3) is 0.217. The van der Waals surface area contributed by atoms with Crippen LogP contribution in [-0.2, 0) is 14.8 Å². The topological polar surface area (TPSA) is 78.3 Å². The first kappa shape index (κ1) is 20.1. The normalized spacial score (nSPS) is 11.9. The SMILES string of the molecule is CCOC(=O)c1ncc2c(c1C)c1c(C)cccc1n2S(=O)(=O)c1ccc(C)cc1. The molecular formula is C23H22N2O4S. The van der Waals surface area contributed by atoms with Crippen LogP contribution < -0.4 is 0 Å². The Morgan fingerprint density at radius 3 is 2.37 bits per heavy atom. The Morgan fingerprint density at radius 1 is 1.00 bits per heavy atom. The van der Waals surface area contributed by atoms with E-state index in [4.69, 9.17) is 4.74 Å². The second-order valence-electron chi connectivity index (χ2n) is 7.26. The molecule has 6 nitrogen and oxygen atoms in total. The number of aromatic nitrogens is 2. The predicted molar refractivity (Wildman–Crippen MR) is 116 cm³/mol. The van der Waals surface area contributed by atoms with E-state index in [9.17, 15) is 13.2 Å². The van der Waals surface area contributed by atoms with Crippen LogP contribution in [0.5, 0.6) is 0 Å². The monoisotopic (exact) mass is 422 g/mol. The number of esters is 1. The van der Waals surface area contributed by atoms with E-state index >= 15 is 0 Å². The van der Waals surface area contributed by atoms with Crippen molar-refractivity contribution in [3.8, 4) is 0 Å². The van der Waals surface area contributed by atoms with Crippen molar-refractivity contribution >= 4 is 37.8 Å². The number of hydrogen-bond acceptors (Lipinski definition) is 5. The molecule has 7 heteroatoms. The molecule has 0 bridgehead atoms. The van der Waals surface area contributed by atoms with Gasteiger partial charge in [-0.05, 0) is 57.0 Å². The first-order valence-electron chi connectivity index (χ1n) is 9.66. The lowest BCUT2D eigenvalue weighted by Crippen LogP contribution is -2.14. The Morgan fingerprint density at radius 2 is 1.70 bits per heavy atom. The summed E-state index contributed by atoms with van der Waals surface area (Å²) in [4.78, 5) is 16.8. The van der Waals surface area contributed by atoms with E-state index in [2.05, 4.69) is 4.98 Å². The molecule has 4 aromatic rings. The number of nitrogens with zero attached hydrogens (tertiary/aromatic N) is 2. The lowest BCUT2D eigenvalue weighted by Gasteiger charge is -2.10. The van der Waals surface area contributed by atoms with Crippen molar-refractivity contribution in [1.82, 2.24) is 8.96 Å². The molecule has 154 valence electrons. The summed E-state index contributed by atoms with van der Waals surface area (Å²) < 4.78 is 33.7. The van der Waals surface area contributed by atoms with E-state index in [1.54, 1.807) is 44.2 Å². The molecule has 0 amide bonds. The highest BCUT2D eigenvalue weighted by Crippen LogP contribution is 2.36. The number of aryl methyl sites for hydroxylation is 3. The van der Waals surface area contributed by atoms with Crippen LogP contribution in [0.2, 0.25) is 0 Å².